The molecule has 0 aliphatic heterocycles. The van der Waals surface area contributed by atoms with E-state index in [4.69, 9.17) is 11.6 Å². The zero-order valence-corrected chi connectivity index (χ0v) is 15.3. The number of carbonyl (C=O) groups excluding carboxylic acids is 2. The molecule has 3 rings (SSSR count). The Morgan fingerprint density at radius 3 is 2.50 bits per heavy atom. The van der Waals surface area contributed by atoms with Crippen LogP contribution in [-0.4, -0.2) is 22.4 Å². The zero-order chi connectivity index (χ0) is 18.4. The lowest BCUT2D eigenvalue weighted by molar-refractivity contribution is 0.101. The number of Topliss-reactive ketones (excluding diaryl/α,β-unsaturated/α-hetero) is 1. The fraction of sp³-hybridized carbons (Fsp3) is 0.0500. The lowest BCUT2D eigenvalue weighted by atomic mass is 10.2. The Labute approximate surface area is 160 Å². The van der Waals surface area contributed by atoms with Crippen molar-refractivity contribution in [3.63, 3.8) is 0 Å². The average Bonchev–Trinajstić information content (AvgIpc) is 2.67. The van der Waals surface area contributed by atoms with Gasteiger partial charge in [-0.3, -0.25) is 9.59 Å². The molecule has 0 aliphatic rings. The van der Waals surface area contributed by atoms with Gasteiger partial charge >= 0.3 is 0 Å². The largest absolute Gasteiger partial charge is 0.322 e. The standard InChI is InChI=1S/C20H15ClN2O2S/c21-19-12-16(9-10-22-19)23-20(25)15-7-4-8-17(11-15)26-13-18(24)14-5-2-1-3-6-14/h1-12H,13H2,(H,22,23,25). The molecule has 1 heterocycles. The summed E-state index contributed by atoms with van der Waals surface area (Å²) < 4.78 is 0. The SMILES string of the molecule is O=C(CSc1cccc(C(=O)Nc2ccnc(Cl)c2)c1)c1ccccc1. The minimum absolute atomic E-state index is 0.0527. The number of amides is 1. The predicted molar refractivity (Wildman–Crippen MR) is 105 cm³/mol. The van der Waals surface area contributed by atoms with Crippen LogP contribution in [0, 0.1) is 0 Å². The number of rotatable bonds is 6. The van der Waals surface area contributed by atoms with Gasteiger partial charge in [-0.2, -0.15) is 0 Å². The van der Waals surface area contributed by atoms with Crippen LogP contribution in [0.5, 0.6) is 0 Å². The number of pyridine rings is 1. The van der Waals surface area contributed by atoms with E-state index in [2.05, 4.69) is 10.3 Å². The van der Waals surface area contributed by atoms with Crippen molar-refractivity contribution >= 4 is 40.7 Å². The molecule has 6 heteroatoms. The van der Waals surface area contributed by atoms with E-state index in [9.17, 15) is 9.59 Å². The molecular formula is C20H15ClN2O2S. The molecule has 1 aromatic heterocycles. The first-order valence-corrected chi connectivity index (χ1v) is 9.22. The number of carbonyl (C=O) groups is 2. The van der Waals surface area contributed by atoms with Gasteiger partial charge in [-0.1, -0.05) is 48.0 Å². The normalized spacial score (nSPS) is 10.3. The molecule has 3 aromatic rings. The number of halogens is 1. The van der Waals surface area contributed by atoms with Crippen molar-refractivity contribution in [2.75, 3.05) is 11.1 Å². The van der Waals surface area contributed by atoms with Crippen LogP contribution in [0.3, 0.4) is 0 Å². The summed E-state index contributed by atoms with van der Waals surface area (Å²) >= 11 is 7.23. The van der Waals surface area contributed by atoms with Crippen molar-refractivity contribution in [2.45, 2.75) is 4.90 Å². The van der Waals surface area contributed by atoms with Crippen LogP contribution in [0.1, 0.15) is 20.7 Å². The molecule has 2 aromatic carbocycles. The molecule has 0 radical (unpaired) electrons. The third-order valence-corrected chi connectivity index (χ3v) is 4.75. The van der Waals surface area contributed by atoms with Crippen molar-refractivity contribution in [1.29, 1.82) is 0 Å². The maximum atomic E-state index is 12.4. The highest BCUT2D eigenvalue weighted by atomic mass is 35.5. The maximum absolute atomic E-state index is 12.4. The van der Waals surface area contributed by atoms with E-state index in [-0.39, 0.29) is 11.7 Å². The summed E-state index contributed by atoms with van der Waals surface area (Å²) in [4.78, 5) is 29.3. The molecule has 0 saturated carbocycles. The minimum atomic E-state index is -0.246. The highest BCUT2D eigenvalue weighted by molar-refractivity contribution is 8.00. The van der Waals surface area contributed by atoms with Crippen LogP contribution in [0.15, 0.2) is 77.8 Å². The van der Waals surface area contributed by atoms with Crippen LogP contribution >= 0.6 is 23.4 Å². The Kier molecular flexibility index (Phi) is 6.04. The number of nitrogens with zero attached hydrogens (tertiary/aromatic N) is 1. The first kappa shape index (κ1) is 18.2. The number of anilines is 1. The Balaban J connectivity index is 1.64. The van der Waals surface area contributed by atoms with Crippen molar-refractivity contribution in [3.8, 4) is 0 Å². The van der Waals surface area contributed by atoms with Gasteiger partial charge in [0.1, 0.15) is 5.15 Å². The summed E-state index contributed by atoms with van der Waals surface area (Å²) in [5.74, 6) is 0.121. The maximum Gasteiger partial charge on any atom is 0.255 e. The molecule has 0 fully saturated rings. The Hall–Kier alpha value is -2.63. The molecule has 1 amide bonds. The van der Waals surface area contributed by atoms with E-state index in [0.717, 1.165) is 4.90 Å². The number of ketones is 1. The quantitative estimate of drug-likeness (QED) is 0.372. The fourth-order valence-electron chi connectivity index (χ4n) is 2.27. The topological polar surface area (TPSA) is 59.1 Å². The van der Waals surface area contributed by atoms with Crippen LogP contribution in [0.2, 0.25) is 5.15 Å². The summed E-state index contributed by atoms with van der Waals surface area (Å²) in [6, 6.07) is 19.6. The van der Waals surface area contributed by atoms with Gasteiger partial charge in [-0.15, -0.1) is 11.8 Å². The highest BCUT2D eigenvalue weighted by Gasteiger charge is 2.10. The average molecular weight is 383 g/mol. The number of nitrogens with one attached hydrogen (secondary N) is 1. The predicted octanol–water partition coefficient (Wildman–Crippen LogP) is 4.96. The van der Waals surface area contributed by atoms with E-state index in [1.807, 2.05) is 24.3 Å². The molecular weight excluding hydrogens is 368 g/mol. The smallest absolute Gasteiger partial charge is 0.255 e. The van der Waals surface area contributed by atoms with E-state index >= 15 is 0 Å². The third kappa shape index (κ3) is 4.94. The molecule has 0 bridgehead atoms. The number of thioether (sulfide) groups is 1. The third-order valence-electron chi connectivity index (χ3n) is 3.55. The van der Waals surface area contributed by atoms with Crippen LogP contribution in [0.4, 0.5) is 5.69 Å². The number of hydrogen-bond donors (Lipinski definition) is 1. The summed E-state index contributed by atoms with van der Waals surface area (Å²) in [6.07, 6.45) is 1.53. The Morgan fingerprint density at radius 1 is 0.962 bits per heavy atom. The molecule has 0 spiro atoms. The number of hydrogen-bond acceptors (Lipinski definition) is 4. The van der Waals surface area contributed by atoms with Crippen LogP contribution < -0.4 is 5.32 Å². The van der Waals surface area contributed by atoms with Gasteiger partial charge in [-0.05, 0) is 30.3 Å². The molecule has 0 aliphatic carbocycles. The molecule has 1 N–H and O–H groups in total. The number of aromatic nitrogens is 1. The molecule has 0 atom stereocenters. The van der Waals surface area contributed by atoms with E-state index in [0.29, 0.717) is 27.7 Å². The van der Waals surface area contributed by atoms with E-state index in [1.165, 1.54) is 18.0 Å². The fourth-order valence-corrected chi connectivity index (χ4v) is 3.29. The highest BCUT2D eigenvalue weighted by Crippen LogP contribution is 2.21. The van der Waals surface area contributed by atoms with Gasteiger partial charge in [0.25, 0.3) is 5.91 Å². The minimum Gasteiger partial charge on any atom is -0.322 e. The van der Waals surface area contributed by atoms with E-state index < -0.39 is 0 Å². The van der Waals surface area contributed by atoms with Gasteiger partial charge < -0.3 is 5.32 Å². The van der Waals surface area contributed by atoms with E-state index in [1.54, 1.807) is 42.5 Å². The molecule has 26 heavy (non-hydrogen) atoms. The Morgan fingerprint density at radius 2 is 1.73 bits per heavy atom. The van der Waals surface area contributed by atoms with Gasteiger partial charge in [0.2, 0.25) is 0 Å². The van der Waals surface area contributed by atoms with Gasteiger partial charge in [0.05, 0.1) is 5.75 Å². The summed E-state index contributed by atoms with van der Waals surface area (Å²) in [5.41, 5.74) is 1.77. The van der Waals surface area contributed by atoms with Crippen molar-refractivity contribution < 1.29 is 9.59 Å². The molecule has 4 nitrogen and oxygen atoms in total. The van der Waals surface area contributed by atoms with Gasteiger partial charge in [0, 0.05) is 27.9 Å². The number of benzene rings is 2. The summed E-state index contributed by atoms with van der Waals surface area (Å²) in [7, 11) is 0. The Bertz CT molecular complexity index is 932. The lowest BCUT2D eigenvalue weighted by Crippen LogP contribution is -2.12. The second-order valence-corrected chi connectivity index (χ2v) is 6.86. The van der Waals surface area contributed by atoms with Gasteiger partial charge in [0.15, 0.2) is 5.78 Å². The van der Waals surface area contributed by atoms with Crippen molar-refractivity contribution in [1.82, 2.24) is 4.98 Å². The molecule has 0 unspecified atom stereocenters. The zero-order valence-electron chi connectivity index (χ0n) is 13.7. The lowest BCUT2D eigenvalue weighted by Gasteiger charge is -2.07. The first-order valence-electron chi connectivity index (χ1n) is 7.86. The van der Waals surface area contributed by atoms with Crippen molar-refractivity contribution in [2.24, 2.45) is 0 Å². The monoisotopic (exact) mass is 382 g/mol. The van der Waals surface area contributed by atoms with Gasteiger partial charge in [-0.25, -0.2) is 4.98 Å². The van der Waals surface area contributed by atoms with Crippen LogP contribution in [0.25, 0.3) is 0 Å². The first-order chi connectivity index (χ1) is 12.6. The summed E-state index contributed by atoms with van der Waals surface area (Å²) in [6.45, 7) is 0. The summed E-state index contributed by atoms with van der Waals surface area (Å²) in [5, 5.41) is 3.09. The molecule has 130 valence electrons. The second kappa shape index (κ2) is 8.65. The van der Waals surface area contributed by atoms with Crippen molar-refractivity contribution in [3.05, 3.63) is 89.2 Å². The van der Waals surface area contributed by atoms with Crippen LogP contribution in [-0.2, 0) is 0 Å². The second-order valence-electron chi connectivity index (χ2n) is 5.43. The molecule has 0 saturated heterocycles.